The van der Waals surface area contributed by atoms with Crippen molar-refractivity contribution in [2.45, 2.75) is 0 Å². The first kappa shape index (κ1) is 6.02. The average Bonchev–Trinajstić information content (AvgIpc) is 2.33. The van der Waals surface area contributed by atoms with E-state index in [1.165, 1.54) is 15.5 Å². The average molecular weight is 151 g/mol. The van der Waals surface area contributed by atoms with E-state index in [-0.39, 0.29) is 5.56 Å². The molecule has 0 bridgehead atoms. The Kier molecular flexibility index (Phi) is 1.03. The molecule has 0 aliphatic heterocycles. The number of aromatic nitrogens is 5. The van der Waals surface area contributed by atoms with Crippen molar-refractivity contribution in [2.75, 3.05) is 0 Å². The number of hydrogen-bond donors (Lipinski definition) is 0. The van der Waals surface area contributed by atoms with Crippen LogP contribution >= 0.6 is 0 Å². The Balaban J connectivity index is 2.98. The van der Waals surface area contributed by atoms with Crippen LogP contribution < -0.4 is 5.56 Å². The molecule has 2 heterocycles. The zero-order chi connectivity index (χ0) is 7.84. The molecular formula is C5H5N5O. The summed E-state index contributed by atoms with van der Waals surface area (Å²) in [4.78, 5) is 14.4. The number of hydrogen-bond acceptors (Lipinski definition) is 4. The highest BCUT2D eigenvalue weighted by atomic mass is 16.1. The summed E-state index contributed by atoms with van der Waals surface area (Å²) < 4.78 is 2.91. The molecule has 0 spiro atoms. The third-order valence-electron chi connectivity index (χ3n) is 1.33. The minimum atomic E-state index is -0.353. The van der Waals surface area contributed by atoms with Crippen molar-refractivity contribution in [1.29, 1.82) is 0 Å². The van der Waals surface area contributed by atoms with Gasteiger partial charge in [0.1, 0.15) is 12.5 Å². The third-order valence-corrected chi connectivity index (χ3v) is 1.33. The van der Waals surface area contributed by atoms with Gasteiger partial charge in [-0.05, 0) is 0 Å². The van der Waals surface area contributed by atoms with E-state index in [4.69, 9.17) is 0 Å². The molecule has 56 valence electrons. The Labute approximate surface area is 61.1 Å². The van der Waals surface area contributed by atoms with Crippen LogP contribution in [0.2, 0.25) is 0 Å². The molecule has 6 heteroatoms. The Bertz CT molecular complexity index is 441. The lowest BCUT2D eigenvalue weighted by Gasteiger charge is -1.88. The summed E-state index contributed by atoms with van der Waals surface area (Å²) in [5.41, 5.74) is -0.353. The zero-order valence-electron chi connectivity index (χ0n) is 5.80. The highest BCUT2D eigenvalue weighted by Gasteiger charge is 1.98. The molecule has 2 rings (SSSR count). The lowest BCUT2D eigenvalue weighted by Crippen LogP contribution is -2.10. The first-order valence-corrected chi connectivity index (χ1v) is 3.01. The number of aryl methyl sites for hydroxylation is 1. The summed E-state index contributed by atoms with van der Waals surface area (Å²) in [7, 11) is 1.70. The van der Waals surface area contributed by atoms with Crippen LogP contribution in [0.3, 0.4) is 0 Å². The van der Waals surface area contributed by atoms with E-state index in [2.05, 4.69) is 15.2 Å². The maximum atomic E-state index is 10.7. The quantitative estimate of drug-likeness (QED) is 0.475. The van der Waals surface area contributed by atoms with Gasteiger partial charge in [0.05, 0.1) is 0 Å². The van der Waals surface area contributed by atoms with Gasteiger partial charge >= 0.3 is 0 Å². The zero-order valence-corrected chi connectivity index (χ0v) is 5.80. The standard InChI is InChI=1S/C5H5N5O/c1-9-5-8-4(11)2-6-10(5)3-7-9/h2-3H,1H3. The van der Waals surface area contributed by atoms with E-state index in [9.17, 15) is 4.79 Å². The number of fused-ring (bicyclic) bond motifs is 1. The summed E-state index contributed by atoms with van der Waals surface area (Å²) in [6, 6.07) is 0. The molecule has 0 atom stereocenters. The molecule has 0 unspecified atom stereocenters. The molecule has 0 amide bonds. The van der Waals surface area contributed by atoms with Crippen LogP contribution in [0.4, 0.5) is 0 Å². The van der Waals surface area contributed by atoms with Crippen LogP contribution in [0.15, 0.2) is 17.3 Å². The second kappa shape index (κ2) is 1.88. The first-order chi connectivity index (χ1) is 5.27. The second-order valence-electron chi connectivity index (χ2n) is 2.09. The lowest BCUT2D eigenvalue weighted by molar-refractivity contribution is 0.777. The highest BCUT2D eigenvalue weighted by Crippen LogP contribution is 1.87. The van der Waals surface area contributed by atoms with Gasteiger partial charge in [0, 0.05) is 7.05 Å². The summed E-state index contributed by atoms with van der Waals surface area (Å²) in [6.07, 6.45) is 2.64. The van der Waals surface area contributed by atoms with Crippen LogP contribution in [0.25, 0.3) is 5.78 Å². The van der Waals surface area contributed by atoms with E-state index in [0.29, 0.717) is 5.78 Å². The van der Waals surface area contributed by atoms with Crippen molar-refractivity contribution >= 4 is 5.78 Å². The van der Waals surface area contributed by atoms with Crippen molar-refractivity contribution in [1.82, 2.24) is 24.4 Å². The topological polar surface area (TPSA) is 65.1 Å². The van der Waals surface area contributed by atoms with E-state index < -0.39 is 0 Å². The normalized spacial score (nSPS) is 10.6. The second-order valence-corrected chi connectivity index (χ2v) is 2.09. The minimum Gasteiger partial charge on any atom is -0.265 e. The summed E-state index contributed by atoms with van der Waals surface area (Å²) >= 11 is 0. The molecule has 0 aromatic carbocycles. The molecule has 0 N–H and O–H groups in total. The molecule has 0 saturated heterocycles. The van der Waals surface area contributed by atoms with Gasteiger partial charge in [0.15, 0.2) is 0 Å². The minimum absolute atomic E-state index is 0.353. The maximum absolute atomic E-state index is 10.7. The lowest BCUT2D eigenvalue weighted by atomic mass is 10.8. The number of rotatable bonds is 0. The van der Waals surface area contributed by atoms with Crippen molar-refractivity contribution in [3.63, 3.8) is 0 Å². The van der Waals surface area contributed by atoms with E-state index in [1.807, 2.05) is 0 Å². The van der Waals surface area contributed by atoms with Crippen LogP contribution in [0.1, 0.15) is 0 Å². The predicted octanol–water partition coefficient (Wildman–Crippen LogP) is -1.18. The van der Waals surface area contributed by atoms with Gasteiger partial charge in [-0.15, -0.1) is 0 Å². The fourth-order valence-electron chi connectivity index (χ4n) is 0.822. The van der Waals surface area contributed by atoms with Crippen LogP contribution in [0, 0.1) is 0 Å². The molecule has 2 aromatic heterocycles. The highest BCUT2D eigenvalue weighted by molar-refractivity contribution is 5.22. The smallest absolute Gasteiger partial charge is 0.265 e. The third kappa shape index (κ3) is 0.794. The van der Waals surface area contributed by atoms with Crippen molar-refractivity contribution in [3.8, 4) is 0 Å². The molecule has 2 aromatic rings. The Morgan fingerprint density at radius 2 is 2.27 bits per heavy atom. The molecule has 0 fully saturated rings. The van der Waals surface area contributed by atoms with Gasteiger partial charge < -0.3 is 0 Å². The monoisotopic (exact) mass is 151 g/mol. The number of nitrogens with zero attached hydrogens (tertiary/aromatic N) is 5. The van der Waals surface area contributed by atoms with E-state index >= 15 is 0 Å². The molecule has 0 aliphatic rings. The van der Waals surface area contributed by atoms with Crippen molar-refractivity contribution in [2.24, 2.45) is 7.05 Å². The van der Waals surface area contributed by atoms with Crippen LogP contribution in [-0.4, -0.2) is 24.4 Å². The van der Waals surface area contributed by atoms with Gasteiger partial charge in [-0.3, -0.25) is 4.79 Å². The van der Waals surface area contributed by atoms with Gasteiger partial charge in [0.25, 0.3) is 11.3 Å². The Morgan fingerprint density at radius 3 is 3.09 bits per heavy atom. The van der Waals surface area contributed by atoms with Crippen LogP contribution in [0.5, 0.6) is 0 Å². The van der Waals surface area contributed by atoms with Crippen molar-refractivity contribution in [3.05, 3.63) is 22.9 Å². The molecule has 0 radical (unpaired) electrons. The fourth-order valence-corrected chi connectivity index (χ4v) is 0.822. The maximum Gasteiger partial charge on any atom is 0.293 e. The first-order valence-electron chi connectivity index (χ1n) is 3.01. The molecule has 0 saturated carbocycles. The van der Waals surface area contributed by atoms with Gasteiger partial charge in [-0.2, -0.15) is 19.7 Å². The van der Waals surface area contributed by atoms with E-state index in [0.717, 1.165) is 6.20 Å². The summed E-state index contributed by atoms with van der Waals surface area (Å²) in [5, 5.41) is 7.61. The van der Waals surface area contributed by atoms with Crippen LogP contribution in [-0.2, 0) is 7.05 Å². The Morgan fingerprint density at radius 1 is 1.45 bits per heavy atom. The molecular weight excluding hydrogens is 146 g/mol. The van der Waals surface area contributed by atoms with Crippen molar-refractivity contribution < 1.29 is 0 Å². The van der Waals surface area contributed by atoms with Gasteiger partial charge in [-0.1, -0.05) is 0 Å². The van der Waals surface area contributed by atoms with Gasteiger partial charge in [0.2, 0.25) is 0 Å². The summed E-state index contributed by atoms with van der Waals surface area (Å²) in [5.74, 6) is 0.442. The largest absolute Gasteiger partial charge is 0.293 e. The van der Waals surface area contributed by atoms with Gasteiger partial charge in [-0.25, -0.2) is 4.68 Å². The van der Waals surface area contributed by atoms with E-state index in [1.54, 1.807) is 7.05 Å². The molecule has 0 aliphatic carbocycles. The molecule has 6 nitrogen and oxygen atoms in total. The Hall–Kier alpha value is -1.72. The molecule has 11 heavy (non-hydrogen) atoms. The fraction of sp³-hybridized carbons (Fsp3) is 0.200. The summed E-state index contributed by atoms with van der Waals surface area (Å²) in [6.45, 7) is 0. The predicted molar refractivity (Wildman–Crippen MR) is 36.0 cm³/mol. The SMILES string of the molecule is Cn1ncn2ncc(=O)nc12.